The third kappa shape index (κ3) is 2.59. The summed E-state index contributed by atoms with van der Waals surface area (Å²) in [7, 11) is 0. The Labute approximate surface area is 120 Å². The summed E-state index contributed by atoms with van der Waals surface area (Å²) in [6.45, 7) is 5.98. The molecule has 5 heteroatoms. The highest BCUT2D eigenvalue weighted by Crippen LogP contribution is 2.25. The van der Waals surface area contributed by atoms with Gasteiger partial charge in [-0.05, 0) is 51.1 Å². The highest BCUT2D eigenvalue weighted by Gasteiger charge is 2.29. The van der Waals surface area contributed by atoms with Crippen molar-refractivity contribution >= 4 is 5.91 Å². The van der Waals surface area contributed by atoms with Crippen LogP contribution in [-0.2, 0) is 12.8 Å². The second kappa shape index (κ2) is 5.95. The van der Waals surface area contributed by atoms with Crippen molar-refractivity contribution in [2.45, 2.75) is 39.0 Å². The third-order valence-electron chi connectivity index (χ3n) is 4.59. The Kier molecular flexibility index (Phi) is 4.05. The van der Waals surface area contributed by atoms with Gasteiger partial charge in [-0.2, -0.15) is 5.10 Å². The van der Waals surface area contributed by atoms with E-state index in [1.807, 2.05) is 4.90 Å². The van der Waals surface area contributed by atoms with E-state index >= 15 is 0 Å². The average molecular weight is 276 g/mol. The van der Waals surface area contributed by atoms with Gasteiger partial charge in [-0.15, -0.1) is 0 Å². The second-order valence-electron chi connectivity index (χ2n) is 5.93. The standard InChI is InChI=1S/C15H24N4O/c1-2-16-10-11-6-8-19(9-7-11)15(20)14-12-4-3-5-13(12)17-18-14/h11,16H,2-10H2,1H3,(H,17,18). The molecule has 1 amide bonds. The van der Waals surface area contributed by atoms with E-state index in [1.165, 1.54) is 11.3 Å². The van der Waals surface area contributed by atoms with Crippen LogP contribution >= 0.6 is 0 Å². The SMILES string of the molecule is CCNCC1CCN(C(=O)c2n[nH]c3c2CCC3)CC1. The first-order chi connectivity index (χ1) is 9.79. The number of H-pyrrole nitrogens is 1. The van der Waals surface area contributed by atoms with Gasteiger partial charge in [0, 0.05) is 24.3 Å². The lowest BCUT2D eigenvalue weighted by Crippen LogP contribution is -2.41. The van der Waals surface area contributed by atoms with Crippen LogP contribution in [0.15, 0.2) is 0 Å². The van der Waals surface area contributed by atoms with Crippen molar-refractivity contribution in [3.8, 4) is 0 Å². The van der Waals surface area contributed by atoms with Gasteiger partial charge in [-0.1, -0.05) is 6.92 Å². The lowest BCUT2D eigenvalue weighted by Gasteiger charge is -2.31. The topological polar surface area (TPSA) is 61.0 Å². The van der Waals surface area contributed by atoms with Crippen LogP contribution < -0.4 is 5.32 Å². The Hall–Kier alpha value is -1.36. The fourth-order valence-corrected chi connectivity index (χ4v) is 3.33. The molecule has 0 unspecified atom stereocenters. The van der Waals surface area contributed by atoms with Crippen molar-refractivity contribution in [1.29, 1.82) is 0 Å². The van der Waals surface area contributed by atoms with Gasteiger partial charge in [-0.3, -0.25) is 9.89 Å². The molecule has 1 fully saturated rings. The van der Waals surface area contributed by atoms with E-state index in [9.17, 15) is 4.79 Å². The van der Waals surface area contributed by atoms with Gasteiger partial charge in [0.15, 0.2) is 5.69 Å². The molecular weight excluding hydrogens is 252 g/mol. The average Bonchev–Trinajstić information content (AvgIpc) is 3.08. The first-order valence-corrected chi connectivity index (χ1v) is 7.85. The van der Waals surface area contributed by atoms with Gasteiger partial charge in [-0.25, -0.2) is 0 Å². The number of likely N-dealkylation sites (tertiary alicyclic amines) is 1. The molecule has 1 aliphatic carbocycles. The van der Waals surface area contributed by atoms with Gasteiger partial charge < -0.3 is 10.2 Å². The van der Waals surface area contributed by atoms with E-state index in [4.69, 9.17) is 0 Å². The molecule has 2 aliphatic rings. The molecule has 0 aromatic carbocycles. The first-order valence-electron chi connectivity index (χ1n) is 7.85. The fraction of sp³-hybridized carbons (Fsp3) is 0.733. The van der Waals surface area contributed by atoms with Crippen LogP contribution in [0.4, 0.5) is 0 Å². The molecular formula is C15H24N4O. The predicted octanol–water partition coefficient (Wildman–Crippen LogP) is 1.36. The summed E-state index contributed by atoms with van der Waals surface area (Å²) >= 11 is 0. The minimum Gasteiger partial charge on any atom is -0.337 e. The zero-order valence-electron chi connectivity index (χ0n) is 12.2. The van der Waals surface area contributed by atoms with Crippen LogP contribution in [0.2, 0.25) is 0 Å². The van der Waals surface area contributed by atoms with Gasteiger partial charge in [0.2, 0.25) is 0 Å². The van der Waals surface area contributed by atoms with E-state index in [0.717, 1.165) is 58.3 Å². The molecule has 1 aromatic heterocycles. The fourth-order valence-electron chi connectivity index (χ4n) is 3.33. The van der Waals surface area contributed by atoms with Crippen LogP contribution in [0.3, 0.4) is 0 Å². The number of aromatic amines is 1. The minimum atomic E-state index is 0.131. The first kappa shape index (κ1) is 13.6. The molecule has 1 aliphatic heterocycles. The second-order valence-corrected chi connectivity index (χ2v) is 5.93. The molecule has 0 bridgehead atoms. The van der Waals surface area contributed by atoms with E-state index in [2.05, 4.69) is 22.4 Å². The van der Waals surface area contributed by atoms with E-state index < -0.39 is 0 Å². The monoisotopic (exact) mass is 276 g/mol. The summed E-state index contributed by atoms with van der Waals surface area (Å²) in [6.07, 6.45) is 5.40. The Morgan fingerprint density at radius 2 is 2.20 bits per heavy atom. The Morgan fingerprint density at radius 1 is 1.40 bits per heavy atom. The molecule has 20 heavy (non-hydrogen) atoms. The van der Waals surface area contributed by atoms with Crippen LogP contribution in [0.25, 0.3) is 0 Å². The van der Waals surface area contributed by atoms with Crippen LogP contribution in [0.5, 0.6) is 0 Å². The van der Waals surface area contributed by atoms with Crippen LogP contribution in [-0.4, -0.2) is 47.2 Å². The van der Waals surface area contributed by atoms with Crippen LogP contribution in [0.1, 0.15) is 47.9 Å². The van der Waals surface area contributed by atoms with Crippen molar-refractivity contribution in [2.24, 2.45) is 5.92 Å². The molecule has 1 aromatic rings. The smallest absolute Gasteiger partial charge is 0.274 e. The van der Waals surface area contributed by atoms with Gasteiger partial charge >= 0.3 is 0 Å². The van der Waals surface area contributed by atoms with Crippen molar-refractivity contribution in [1.82, 2.24) is 20.4 Å². The van der Waals surface area contributed by atoms with Crippen LogP contribution in [0, 0.1) is 5.92 Å². The summed E-state index contributed by atoms with van der Waals surface area (Å²) in [5, 5.41) is 10.7. The van der Waals surface area contributed by atoms with Crippen molar-refractivity contribution in [2.75, 3.05) is 26.2 Å². The number of piperidine rings is 1. The number of rotatable bonds is 4. The molecule has 0 radical (unpaired) electrons. The predicted molar refractivity (Wildman–Crippen MR) is 77.8 cm³/mol. The molecule has 0 spiro atoms. The summed E-state index contributed by atoms with van der Waals surface area (Å²) in [6, 6.07) is 0. The third-order valence-corrected chi connectivity index (χ3v) is 4.59. The number of nitrogens with one attached hydrogen (secondary N) is 2. The lowest BCUT2D eigenvalue weighted by atomic mass is 9.96. The zero-order chi connectivity index (χ0) is 13.9. The van der Waals surface area contributed by atoms with E-state index in [0.29, 0.717) is 11.6 Å². The van der Waals surface area contributed by atoms with Crippen molar-refractivity contribution < 1.29 is 4.79 Å². The Morgan fingerprint density at radius 3 is 2.95 bits per heavy atom. The largest absolute Gasteiger partial charge is 0.337 e. The number of carbonyl (C=O) groups excluding carboxylic acids is 1. The van der Waals surface area contributed by atoms with E-state index in [-0.39, 0.29) is 5.91 Å². The maximum absolute atomic E-state index is 12.6. The van der Waals surface area contributed by atoms with Gasteiger partial charge in [0.25, 0.3) is 5.91 Å². The Bertz CT molecular complexity index is 474. The molecule has 2 N–H and O–H groups in total. The molecule has 2 heterocycles. The summed E-state index contributed by atoms with van der Waals surface area (Å²) in [5.74, 6) is 0.843. The normalized spacial score (nSPS) is 19.4. The molecule has 1 saturated heterocycles. The highest BCUT2D eigenvalue weighted by molar-refractivity contribution is 5.94. The molecule has 0 saturated carbocycles. The Balaban J connectivity index is 1.59. The number of fused-ring (bicyclic) bond motifs is 1. The number of carbonyl (C=O) groups is 1. The van der Waals surface area contributed by atoms with E-state index in [1.54, 1.807) is 0 Å². The number of aryl methyl sites for hydroxylation is 1. The number of nitrogens with zero attached hydrogens (tertiary/aromatic N) is 2. The van der Waals surface area contributed by atoms with Gasteiger partial charge in [0.05, 0.1) is 0 Å². The molecule has 3 rings (SSSR count). The number of amides is 1. The number of hydrogen-bond acceptors (Lipinski definition) is 3. The summed E-state index contributed by atoms with van der Waals surface area (Å²) in [5.41, 5.74) is 3.03. The van der Waals surface area contributed by atoms with Crippen molar-refractivity contribution in [3.05, 3.63) is 17.0 Å². The number of hydrogen-bond donors (Lipinski definition) is 2. The lowest BCUT2D eigenvalue weighted by molar-refractivity contribution is 0.0683. The molecule has 5 nitrogen and oxygen atoms in total. The van der Waals surface area contributed by atoms with Crippen molar-refractivity contribution in [3.63, 3.8) is 0 Å². The summed E-state index contributed by atoms with van der Waals surface area (Å²) < 4.78 is 0. The molecule has 110 valence electrons. The number of aromatic nitrogens is 2. The quantitative estimate of drug-likeness (QED) is 0.873. The maximum atomic E-state index is 12.6. The zero-order valence-corrected chi connectivity index (χ0v) is 12.2. The molecule has 0 atom stereocenters. The summed E-state index contributed by atoms with van der Waals surface area (Å²) in [4.78, 5) is 14.6. The minimum absolute atomic E-state index is 0.131. The highest BCUT2D eigenvalue weighted by atomic mass is 16.2. The maximum Gasteiger partial charge on any atom is 0.274 e. The van der Waals surface area contributed by atoms with Gasteiger partial charge in [0.1, 0.15) is 0 Å².